The number of benzene rings is 2. The predicted octanol–water partition coefficient (Wildman–Crippen LogP) is 5.66. The summed E-state index contributed by atoms with van der Waals surface area (Å²) in [4.78, 5) is 19.4. The van der Waals surface area contributed by atoms with E-state index >= 15 is 0 Å². The number of ether oxygens (including phenoxy) is 1. The topological polar surface area (TPSA) is 81.5 Å². The van der Waals surface area contributed by atoms with Crippen molar-refractivity contribution < 1.29 is 31.1 Å². The van der Waals surface area contributed by atoms with Crippen LogP contribution < -0.4 is 0 Å². The third-order valence-electron chi connectivity index (χ3n) is 6.88. The van der Waals surface area contributed by atoms with Gasteiger partial charge in [-0.15, -0.1) is 0 Å². The fourth-order valence-corrected chi connectivity index (χ4v) is 6.40. The van der Waals surface area contributed by atoms with E-state index in [4.69, 9.17) is 4.74 Å². The van der Waals surface area contributed by atoms with Gasteiger partial charge in [-0.05, 0) is 61.1 Å². The predicted molar refractivity (Wildman–Crippen MR) is 144 cm³/mol. The van der Waals surface area contributed by atoms with Crippen molar-refractivity contribution in [2.75, 3.05) is 13.2 Å². The van der Waals surface area contributed by atoms with E-state index in [1.165, 1.54) is 11.1 Å². The zero-order chi connectivity index (χ0) is 29.1. The highest BCUT2D eigenvalue weighted by atomic mass is 32.2. The third-order valence-corrected chi connectivity index (χ3v) is 8.45. The largest absolute Gasteiger partial charge is 0.416 e. The Morgan fingerprint density at radius 2 is 1.85 bits per heavy atom. The van der Waals surface area contributed by atoms with Gasteiger partial charge >= 0.3 is 6.18 Å². The fraction of sp³-hybridized carbons (Fsp3) is 0.448. The second-order valence-corrected chi connectivity index (χ2v) is 12.5. The van der Waals surface area contributed by atoms with Crippen LogP contribution in [0.15, 0.2) is 59.9 Å². The van der Waals surface area contributed by atoms with E-state index in [0.29, 0.717) is 24.4 Å². The normalized spacial score (nSPS) is 16.0. The fourth-order valence-electron chi connectivity index (χ4n) is 4.80. The van der Waals surface area contributed by atoms with Crippen LogP contribution in [0.4, 0.5) is 13.2 Å². The van der Waals surface area contributed by atoms with Crippen LogP contribution in [-0.2, 0) is 39.6 Å². The van der Waals surface area contributed by atoms with E-state index in [1.807, 2.05) is 32.9 Å². The van der Waals surface area contributed by atoms with Crippen molar-refractivity contribution in [2.24, 2.45) is 5.92 Å². The van der Waals surface area contributed by atoms with Crippen molar-refractivity contribution in [3.05, 3.63) is 82.7 Å². The Morgan fingerprint density at radius 1 is 1.15 bits per heavy atom. The number of hydrogen-bond acceptors (Lipinski definition) is 5. The Bertz CT molecular complexity index is 1430. The molecule has 0 bridgehead atoms. The molecular weight excluding hydrogens is 543 g/mol. The van der Waals surface area contributed by atoms with Gasteiger partial charge in [-0.25, -0.2) is 13.4 Å². The summed E-state index contributed by atoms with van der Waals surface area (Å²) in [6.07, 6.45) is -1.67. The Kier molecular flexibility index (Phi) is 9.04. The van der Waals surface area contributed by atoms with Crippen LogP contribution in [0.2, 0.25) is 0 Å². The number of rotatable bonds is 10. The van der Waals surface area contributed by atoms with Crippen molar-refractivity contribution in [3.63, 3.8) is 0 Å². The van der Waals surface area contributed by atoms with Crippen molar-refractivity contribution in [1.29, 1.82) is 0 Å². The summed E-state index contributed by atoms with van der Waals surface area (Å²) in [7, 11) is -3.82. The quantitative estimate of drug-likeness (QED) is 0.311. The first kappa shape index (κ1) is 29.8. The van der Waals surface area contributed by atoms with Gasteiger partial charge < -0.3 is 14.2 Å². The van der Waals surface area contributed by atoms with Crippen molar-refractivity contribution in [1.82, 2.24) is 14.5 Å². The lowest BCUT2D eigenvalue weighted by Crippen LogP contribution is -2.37. The number of carbonyl (C=O) groups excluding carboxylic acids is 1. The maximum atomic E-state index is 13.6. The monoisotopic (exact) mass is 577 g/mol. The van der Waals surface area contributed by atoms with E-state index < -0.39 is 27.5 Å². The number of hydrogen-bond donors (Lipinski definition) is 0. The molecule has 1 amide bonds. The molecule has 1 aliphatic rings. The highest BCUT2D eigenvalue weighted by molar-refractivity contribution is 7.90. The molecule has 7 nitrogen and oxygen atoms in total. The van der Waals surface area contributed by atoms with Gasteiger partial charge in [0.05, 0.1) is 35.9 Å². The Morgan fingerprint density at radius 3 is 2.45 bits per heavy atom. The number of halogens is 3. The SMILES string of the molecule is Cc1ccccc1CS(=O)(=O)c1ncc(CN(CC2CCCO2)C(=O)c2ccc(C(F)(F)F)cc2)n1CC(C)C. The van der Waals surface area contributed by atoms with Crippen LogP contribution in [0.1, 0.15) is 59.4 Å². The third kappa shape index (κ3) is 7.11. The van der Waals surface area contributed by atoms with E-state index in [9.17, 15) is 26.4 Å². The molecule has 2 aromatic carbocycles. The van der Waals surface area contributed by atoms with Crippen LogP contribution in [-0.4, -0.2) is 48.0 Å². The highest BCUT2D eigenvalue weighted by Crippen LogP contribution is 2.30. The van der Waals surface area contributed by atoms with Crippen LogP contribution in [0.3, 0.4) is 0 Å². The number of amides is 1. The highest BCUT2D eigenvalue weighted by Gasteiger charge is 2.32. The van der Waals surface area contributed by atoms with Crippen LogP contribution in [0.5, 0.6) is 0 Å². The maximum absolute atomic E-state index is 13.6. The van der Waals surface area contributed by atoms with Gasteiger partial charge in [0, 0.05) is 25.3 Å². The Labute approximate surface area is 232 Å². The van der Waals surface area contributed by atoms with Crippen LogP contribution in [0.25, 0.3) is 0 Å². The summed E-state index contributed by atoms with van der Waals surface area (Å²) in [5, 5.41) is -0.0708. The average Bonchev–Trinajstić information content (AvgIpc) is 3.54. The van der Waals surface area contributed by atoms with Gasteiger partial charge in [-0.1, -0.05) is 38.1 Å². The van der Waals surface area contributed by atoms with Gasteiger partial charge in [0.15, 0.2) is 0 Å². The zero-order valence-corrected chi connectivity index (χ0v) is 23.6. The molecule has 0 N–H and O–H groups in total. The number of aromatic nitrogens is 2. The second kappa shape index (κ2) is 12.1. The molecule has 40 heavy (non-hydrogen) atoms. The average molecular weight is 578 g/mol. The van der Waals surface area contributed by atoms with Gasteiger partial charge in [0.25, 0.3) is 5.91 Å². The minimum absolute atomic E-state index is 0.0271. The molecule has 0 radical (unpaired) electrons. The molecule has 11 heteroatoms. The number of sulfone groups is 1. The molecule has 0 aliphatic carbocycles. The Hall–Kier alpha value is -3.18. The van der Waals surface area contributed by atoms with E-state index in [-0.39, 0.29) is 41.6 Å². The summed E-state index contributed by atoms with van der Waals surface area (Å²) >= 11 is 0. The standard InChI is InChI=1S/C29H34F3N3O4S/c1-20(2)16-35-25(15-33-28(35)40(37,38)19-23-8-5-4-7-21(23)3)17-34(18-26-9-6-14-39-26)27(36)22-10-12-24(13-11-22)29(30,31)32/h4-5,7-8,10-13,15,20,26H,6,9,14,16-19H2,1-3H3. The molecule has 1 unspecified atom stereocenters. The first-order valence-electron chi connectivity index (χ1n) is 13.2. The zero-order valence-electron chi connectivity index (χ0n) is 22.8. The summed E-state index contributed by atoms with van der Waals surface area (Å²) in [6, 6.07) is 11.4. The summed E-state index contributed by atoms with van der Waals surface area (Å²) < 4.78 is 73.7. The number of alkyl halides is 3. The molecule has 4 rings (SSSR count). The van der Waals surface area contributed by atoms with Crippen LogP contribution in [0, 0.1) is 12.8 Å². The lowest BCUT2D eigenvalue weighted by atomic mass is 10.1. The summed E-state index contributed by atoms with van der Waals surface area (Å²) in [6.45, 7) is 6.95. The number of aryl methyl sites for hydroxylation is 1. The minimum Gasteiger partial charge on any atom is -0.376 e. The molecule has 0 saturated carbocycles. The minimum atomic E-state index is -4.51. The summed E-state index contributed by atoms with van der Waals surface area (Å²) in [5.74, 6) is -0.596. The number of nitrogens with zero attached hydrogens (tertiary/aromatic N) is 3. The molecule has 0 spiro atoms. The summed E-state index contributed by atoms with van der Waals surface area (Å²) in [5.41, 5.74) is 1.33. The van der Waals surface area contributed by atoms with Gasteiger partial charge in [-0.3, -0.25) is 4.79 Å². The van der Waals surface area contributed by atoms with Gasteiger partial charge in [-0.2, -0.15) is 13.2 Å². The van der Waals surface area contributed by atoms with Crippen molar-refractivity contribution >= 4 is 15.7 Å². The van der Waals surface area contributed by atoms with Crippen molar-refractivity contribution in [3.8, 4) is 0 Å². The smallest absolute Gasteiger partial charge is 0.376 e. The Balaban J connectivity index is 1.67. The molecule has 1 aromatic heterocycles. The van der Waals surface area contributed by atoms with Gasteiger partial charge in [0.1, 0.15) is 0 Å². The molecule has 216 valence electrons. The first-order valence-corrected chi connectivity index (χ1v) is 14.9. The molecule has 3 aromatic rings. The number of imidazole rings is 1. The van der Waals surface area contributed by atoms with Gasteiger partial charge in [0.2, 0.25) is 15.0 Å². The number of carbonyl (C=O) groups is 1. The molecule has 2 heterocycles. The lowest BCUT2D eigenvalue weighted by molar-refractivity contribution is -0.137. The second-order valence-electron chi connectivity index (χ2n) is 10.6. The maximum Gasteiger partial charge on any atom is 0.416 e. The molecular formula is C29H34F3N3O4S. The van der Waals surface area contributed by atoms with E-state index in [2.05, 4.69) is 4.98 Å². The molecule has 1 atom stereocenters. The van der Waals surface area contributed by atoms with E-state index in [0.717, 1.165) is 42.7 Å². The van der Waals surface area contributed by atoms with Crippen LogP contribution >= 0.6 is 0 Å². The van der Waals surface area contributed by atoms with E-state index in [1.54, 1.807) is 16.7 Å². The molecule has 1 aliphatic heterocycles. The first-order chi connectivity index (χ1) is 18.8. The molecule has 1 saturated heterocycles. The lowest BCUT2D eigenvalue weighted by Gasteiger charge is -2.26. The van der Waals surface area contributed by atoms with Crippen molar-refractivity contribution in [2.45, 2.75) is 69.9 Å². The molecule has 1 fully saturated rings.